The molecule has 1 saturated heterocycles. The van der Waals surface area contributed by atoms with E-state index in [2.05, 4.69) is 11.9 Å². The van der Waals surface area contributed by atoms with E-state index >= 15 is 0 Å². The number of benzene rings is 1. The lowest BCUT2D eigenvalue weighted by molar-refractivity contribution is 0.0732. The molecule has 0 spiro atoms. The van der Waals surface area contributed by atoms with Gasteiger partial charge in [0.15, 0.2) is 0 Å². The highest BCUT2D eigenvalue weighted by Crippen LogP contribution is 2.23. The van der Waals surface area contributed by atoms with Crippen molar-refractivity contribution in [3.63, 3.8) is 0 Å². The van der Waals surface area contributed by atoms with Crippen LogP contribution in [0, 0.1) is 13.8 Å². The number of H-pyrrole nitrogens is 1. The molecule has 1 unspecified atom stereocenters. The van der Waals surface area contributed by atoms with Crippen LogP contribution in [0.2, 0.25) is 0 Å². The Balaban J connectivity index is 2.09. The molecule has 22 heavy (non-hydrogen) atoms. The van der Waals surface area contributed by atoms with Crippen molar-refractivity contribution in [1.29, 1.82) is 0 Å². The first-order valence-electron chi connectivity index (χ1n) is 7.96. The molecule has 2 heterocycles. The molecule has 0 saturated carbocycles. The van der Waals surface area contributed by atoms with Crippen molar-refractivity contribution in [2.45, 2.75) is 46.1 Å². The van der Waals surface area contributed by atoms with E-state index in [0.29, 0.717) is 0 Å². The molecule has 1 N–H and O–H groups in total. The van der Waals surface area contributed by atoms with E-state index in [1.165, 1.54) is 0 Å². The average molecular weight is 298 g/mol. The molecule has 4 nitrogen and oxygen atoms in total. The van der Waals surface area contributed by atoms with E-state index in [1.54, 1.807) is 6.07 Å². The number of hydrogen-bond donors (Lipinski definition) is 1. The van der Waals surface area contributed by atoms with Gasteiger partial charge in [0.2, 0.25) is 0 Å². The highest BCUT2D eigenvalue weighted by molar-refractivity contribution is 5.98. The van der Waals surface area contributed by atoms with E-state index in [9.17, 15) is 9.59 Å². The summed E-state index contributed by atoms with van der Waals surface area (Å²) in [4.78, 5) is 29.9. The Hall–Kier alpha value is -2.10. The third kappa shape index (κ3) is 2.43. The number of pyridine rings is 1. The number of aromatic amines is 1. The van der Waals surface area contributed by atoms with Crippen molar-refractivity contribution in [3.05, 3.63) is 45.2 Å². The summed E-state index contributed by atoms with van der Waals surface area (Å²) in [5.74, 6) is -0.133. The van der Waals surface area contributed by atoms with E-state index in [-0.39, 0.29) is 23.1 Å². The zero-order valence-electron chi connectivity index (χ0n) is 13.4. The molecule has 4 heteroatoms. The molecule has 1 aromatic heterocycles. The van der Waals surface area contributed by atoms with Gasteiger partial charge >= 0.3 is 0 Å². The van der Waals surface area contributed by atoms with Crippen molar-refractivity contribution in [2.24, 2.45) is 0 Å². The Morgan fingerprint density at radius 1 is 1.32 bits per heavy atom. The minimum absolute atomic E-state index is 0.133. The average Bonchev–Trinajstić information content (AvgIpc) is 2.95. The van der Waals surface area contributed by atoms with Gasteiger partial charge < -0.3 is 9.88 Å². The molecular weight excluding hydrogens is 276 g/mol. The Bertz CT molecular complexity index is 792. The molecule has 1 aliphatic rings. The number of rotatable bonds is 2. The molecular formula is C18H22N2O2. The Morgan fingerprint density at radius 2 is 2.09 bits per heavy atom. The summed E-state index contributed by atoms with van der Waals surface area (Å²) >= 11 is 0. The van der Waals surface area contributed by atoms with Gasteiger partial charge in [-0.05, 0) is 56.2 Å². The molecule has 1 aromatic carbocycles. The lowest BCUT2D eigenvalue weighted by Crippen LogP contribution is -2.38. The second kappa shape index (κ2) is 5.59. The van der Waals surface area contributed by atoms with E-state index in [1.807, 2.05) is 30.9 Å². The maximum atomic E-state index is 12.8. The fourth-order valence-electron chi connectivity index (χ4n) is 3.53. The zero-order valence-corrected chi connectivity index (χ0v) is 13.4. The standard InChI is InChI=1S/C18H22N2O2/c1-4-14-6-5-7-20(14)18(22)15-10-13-9-11(2)8-12(3)16(13)19-17(15)21/h8-10,14H,4-7H2,1-3H3,(H,19,21). The largest absolute Gasteiger partial charge is 0.336 e. The summed E-state index contributed by atoms with van der Waals surface area (Å²) in [6, 6.07) is 6.06. The number of amides is 1. The van der Waals surface area contributed by atoms with Crippen molar-refractivity contribution >= 4 is 16.8 Å². The molecule has 1 amide bonds. The van der Waals surface area contributed by atoms with Crippen LogP contribution in [0.3, 0.4) is 0 Å². The number of aromatic nitrogens is 1. The number of carbonyl (C=O) groups excluding carboxylic acids is 1. The van der Waals surface area contributed by atoms with Crippen molar-refractivity contribution in [1.82, 2.24) is 9.88 Å². The topological polar surface area (TPSA) is 53.2 Å². The zero-order chi connectivity index (χ0) is 15.9. The van der Waals surface area contributed by atoms with Crippen LogP contribution in [0.1, 0.15) is 47.7 Å². The van der Waals surface area contributed by atoms with Crippen molar-refractivity contribution in [3.8, 4) is 0 Å². The second-order valence-corrected chi connectivity index (χ2v) is 6.26. The fourth-order valence-corrected chi connectivity index (χ4v) is 3.53. The van der Waals surface area contributed by atoms with E-state index < -0.39 is 0 Å². The highest BCUT2D eigenvalue weighted by atomic mass is 16.2. The Labute approximate surface area is 130 Å². The van der Waals surface area contributed by atoms with Gasteiger partial charge in [0.1, 0.15) is 5.56 Å². The normalized spacial score (nSPS) is 18.1. The number of nitrogens with one attached hydrogen (secondary N) is 1. The van der Waals surface area contributed by atoms with Crippen LogP contribution in [0.4, 0.5) is 0 Å². The minimum Gasteiger partial charge on any atom is -0.336 e. The van der Waals surface area contributed by atoms with Crippen LogP contribution >= 0.6 is 0 Å². The first-order chi connectivity index (χ1) is 10.5. The minimum atomic E-state index is -0.286. The number of fused-ring (bicyclic) bond motifs is 1. The number of carbonyl (C=O) groups is 1. The lowest BCUT2D eigenvalue weighted by Gasteiger charge is -2.23. The number of nitrogens with zero attached hydrogens (tertiary/aromatic N) is 1. The molecule has 116 valence electrons. The smallest absolute Gasteiger partial charge is 0.261 e. The maximum absolute atomic E-state index is 12.8. The molecule has 1 aliphatic heterocycles. The van der Waals surface area contributed by atoms with Gasteiger partial charge in [0, 0.05) is 12.6 Å². The molecule has 3 rings (SSSR count). The van der Waals surface area contributed by atoms with Crippen molar-refractivity contribution in [2.75, 3.05) is 6.54 Å². The van der Waals surface area contributed by atoms with Gasteiger partial charge in [0.05, 0.1) is 5.52 Å². The summed E-state index contributed by atoms with van der Waals surface area (Å²) in [6.07, 6.45) is 3.00. The van der Waals surface area contributed by atoms with Gasteiger partial charge in [-0.2, -0.15) is 0 Å². The van der Waals surface area contributed by atoms with Crippen LogP contribution in [0.15, 0.2) is 23.0 Å². The van der Waals surface area contributed by atoms with Crippen LogP contribution < -0.4 is 5.56 Å². The van der Waals surface area contributed by atoms with Gasteiger partial charge in [-0.15, -0.1) is 0 Å². The SMILES string of the molecule is CCC1CCCN1C(=O)c1cc2cc(C)cc(C)c2[nH]c1=O. The summed E-state index contributed by atoms with van der Waals surface area (Å²) in [5, 5.41) is 0.924. The third-order valence-corrected chi connectivity index (χ3v) is 4.63. The summed E-state index contributed by atoms with van der Waals surface area (Å²) < 4.78 is 0. The summed E-state index contributed by atoms with van der Waals surface area (Å²) in [5.41, 5.74) is 2.95. The van der Waals surface area contributed by atoms with Crippen LogP contribution in [-0.2, 0) is 0 Å². The Morgan fingerprint density at radius 3 is 2.82 bits per heavy atom. The number of likely N-dealkylation sites (tertiary alicyclic amines) is 1. The predicted molar refractivity (Wildman–Crippen MR) is 88.4 cm³/mol. The lowest BCUT2D eigenvalue weighted by atomic mass is 10.0. The predicted octanol–water partition coefficient (Wildman–Crippen LogP) is 3.16. The van der Waals surface area contributed by atoms with Crippen molar-refractivity contribution < 1.29 is 4.79 Å². The number of hydrogen-bond acceptors (Lipinski definition) is 2. The summed E-state index contributed by atoms with van der Waals surface area (Å²) in [7, 11) is 0. The molecule has 0 aliphatic carbocycles. The third-order valence-electron chi connectivity index (χ3n) is 4.63. The summed E-state index contributed by atoms with van der Waals surface area (Å²) in [6.45, 7) is 6.84. The van der Waals surface area contributed by atoms with E-state index in [4.69, 9.17) is 0 Å². The van der Waals surface area contributed by atoms with Gasteiger partial charge in [-0.3, -0.25) is 9.59 Å². The molecule has 1 fully saturated rings. The molecule has 0 bridgehead atoms. The monoisotopic (exact) mass is 298 g/mol. The molecule has 1 atom stereocenters. The highest BCUT2D eigenvalue weighted by Gasteiger charge is 2.29. The fraction of sp³-hybridized carbons (Fsp3) is 0.444. The maximum Gasteiger partial charge on any atom is 0.261 e. The Kier molecular flexibility index (Phi) is 3.77. The van der Waals surface area contributed by atoms with Crippen LogP contribution in [0.5, 0.6) is 0 Å². The van der Waals surface area contributed by atoms with Gasteiger partial charge in [0.25, 0.3) is 11.5 Å². The van der Waals surface area contributed by atoms with Crippen LogP contribution in [0.25, 0.3) is 10.9 Å². The first-order valence-corrected chi connectivity index (χ1v) is 7.96. The second-order valence-electron chi connectivity index (χ2n) is 6.26. The van der Waals surface area contributed by atoms with Gasteiger partial charge in [-0.1, -0.05) is 18.6 Å². The van der Waals surface area contributed by atoms with E-state index in [0.717, 1.165) is 47.8 Å². The van der Waals surface area contributed by atoms with Gasteiger partial charge in [-0.25, -0.2) is 0 Å². The molecule has 0 radical (unpaired) electrons. The number of aryl methyl sites for hydroxylation is 2. The quantitative estimate of drug-likeness (QED) is 0.926. The first kappa shape index (κ1) is 14.8. The van der Waals surface area contributed by atoms with Crippen LogP contribution in [-0.4, -0.2) is 28.4 Å². The molecule has 2 aromatic rings.